The molecular formula is C11H14IN. The molecule has 2 rings (SSSR count). The van der Waals surface area contributed by atoms with Gasteiger partial charge in [0.05, 0.1) is 0 Å². The van der Waals surface area contributed by atoms with Crippen LogP contribution in [-0.2, 0) is 0 Å². The highest BCUT2D eigenvalue weighted by molar-refractivity contribution is 14.1. The molecule has 1 saturated heterocycles. The number of anilines is 1. The second-order valence-electron chi connectivity index (χ2n) is 3.66. The van der Waals surface area contributed by atoms with Crippen LogP contribution in [0, 0.1) is 9.49 Å². The quantitative estimate of drug-likeness (QED) is 0.755. The van der Waals surface area contributed by atoms with E-state index in [0.717, 1.165) is 5.92 Å². The van der Waals surface area contributed by atoms with Crippen molar-refractivity contribution in [3.63, 3.8) is 0 Å². The first-order valence-electron chi connectivity index (χ1n) is 4.80. The van der Waals surface area contributed by atoms with Crippen molar-refractivity contribution in [1.82, 2.24) is 0 Å². The number of rotatable bonds is 2. The van der Waals surface area contributed by atoms with Gasteiger partial charge in [0, 0.05) is 22.3 Å². The minimum atomic E-state index is 0.930. The van der Waals surface area contributed by atoms with Crippen LogP contribution in [0.25, 0.3) is 0 Å². The first-order chi connectivity index (χ1) is 6.29. The molecule has 0 aliphatic carbocycles. The van der Waals surface area contributed by atoms with E-state index in [1.54, 1.807) is 0 Å². The van der Waals surface area contributed by atoms with E-state index in [-0.39, 0.29) is 0 Å². The van der Waals surface area contributed by atoms with E-state index in [0.29, 0.717) is 0 Å². The molecule has 13 heavy (non-hydrogen) atoms. The zero-order chi connectivity index (χ0) is 9.26. The molecule has 0 amide bonds. The maximum Gasteiger partial charge on any atom is 0.0367 e. The van der Waals surface area contributed by atoms with Crippen molar-refractivity contribution in [3.05, 3.63) is 27.8 Å². The largest absolute Gasteiger partial charge is 0.371 e. The van der Waals surface area contributed by atoms with Gasteiger partial charge in [0.1, 0.15) is 0 Å². The van der Waals surface area contributed by atoms with Gasteiger partial charge < -0.3 is 4.90 Å². The van der Waals surface area contributed by atoms with Gasteiger partial charge in [-0.3, -0.25) is 0 Å². The fraction of sp³-hybridized carbons (Fsp3) is 0.455. The summed E-state index contributed by atoms with van der Waals surface area (Å²) in [6.45, 7) is 4.77. The average molecular weight is 287 g/mol. The number of nitrogens with zero attached hydrogens (tertiary/aromatic N) is 1. The molecular weight excluding hydrogens is 273 g/mol. The van der Waals surface area contributed by atoms with Crippen molar-refractivity contribution in [2.24, 2.45) is 5.92 Å². The number of hydrogen-bond acceptors (Lipinski definition) is 1. The van der Waals surface area contributed by atoms with Gasteiger partial charge >= 0.3 is 0 Å². The summed E-state index contributed by atoms with van der Waals surface area (Å²) >= 11 is 2.34. The van der Waals surface area contributed by atoms with Gasteiger partial charge in [-0.25, -0.2) is 0 Å². The monoisotopic (exact) mass is 287 g/mol. The lowest BCUT2D eigenvalue weighted by Crippen LogP contribution is -2.46. The third-order valence-electron chi connectivity index (χ3n) is 2.73. The molecule has 0 aromatic heterocycles. The molecule has 70 valence electrons. The van der Waals surface area contributed by atoms with E-state index >= 15 is 0 Å². The van der Waals surface area contributed by atoms with Gasteiger partial charge in [0.25, 0.3) is 0 Å². The molecule has 0 saturated carbocycles. The van der Waals surface area contributed by atoms with Crippen molar-refractivity contribution in [2.75, 3.05) is 18.0 Å². The summed E-state index contributed by atoms with van der Waals surface area (Å²) in [5, 5.41) is 0. The summed E-state index contributed by atoms with van der Waals surface area (Å²) in [5.41, 5.74) is 1.38. The second-order valence-corrected chi connectivity index (χ2v) is 4.90. The molecule has 0 unspecified atom stereocenters. The SMILES string of the molecule is CCC1CN(c2ccc(I)cc2)C1. The lowest BCUT2D eigenvalue weighted by Gasteiger charge is -2.40. The lowest BCUT2D eigenvalue weighted by molar-refractivity contribution is 0.399. The van der Waals surface area contributed by atoms with Crippen molar-refractivity contribution in [2.45, 2.75) is 13.3 Å². The minimum Gasteiger partial charge on any atom is -0.371 e. The van der Waals surface area contributed by atoms with E-state index in [9.17, 15) is 0 Å². The fourth-order valence-corrected chi connectivity index (χ4v) is 2.05. The van der Waals surface area contributed by atoms with Gasteiger partial charge in [-0.15, -0.1) is 0 Å². The highest BCUT2D eigenvalue weighted by Gasteiger charge is 2.24. The molecule has 1 aromatic carbocycles. The normalized spacial score (nSPS) is 17.2. The third kappa shape index (κ3) is 1.98. The summed E-state index contributed by atoms with van der Waals surface area (Å²) in [5.74, 6) is 0.930. The molecule has 1 aliphatic heterocycles. The minimum absolute atomic E-state index is 0.930. The smallest absolute Gasteiger partial charge is 0.0367 e. The Kier molecular flexibility index (Phi) is 2.77. The van der Waals surface area contributed by atoms with Crippen LogP contribution in [0.4, 0.5) is 5.69 Å². The third-order valence-corrected chi connectivity index (χ3v) is 3.45. The summed E-state index contributed by atoms with van der Waals surface area (Å²) in [6.07, 6.45) is 1.32. The molecule has 1 fully saturated rings. The zero-order valence-corrected chi connectivity index (χ0v) is 9.99. The maximum absolute atomic E-state index is 2.45. The van der Waals surface area contributed by atoms with Gasteiger partial charge in [0.2, 0.25) is 0 Å². The topological polar surface area (TPSA) is 3.24 Å². The molecule has 0 bridgehead atoms. The van der Waals surface area contributed by atoms with Gasteiger partial charge in [-0.05, 0) is 59.2 Å². The predicted octanol–water partition coefficient (Wildman–Crippen LogP) is 3.14. The van der Waals surface area contributed by atoms with Crippen LogP contribution in [0.5, 0.6) is 0 Å². The zero-order valence-electron chi connectivity index (χ0n) is 7.83. The fourth-order valence-electron chi connectivity index (χ4n) is 1.69. The Hall–Kier alpha value is -0.250. The van der Waals surface area contributed by atoms with E-state index in [1.165, 1.54) is 28.8 Å². The molecule has 0 N–H and O–H groups in total. The van der Waals surface area contributed by atoms with Crippen molar-refractivity contribution in [3.8, 4) is 0 Å². The average Bonchev–Trinajstić information content (AvgIpc) is 2.06. The molecule has 2 heteroatoms. The molecule has 1 aliphatic rings. The number of benzene rings is 1. The van der Waals surface area contributed by atoms with Gasteiger partial charge in [-0.2, -0.15) is 0 Å². The highest BCUT2D eigenvalue weighted by Crippen LogP contribution is 2.26. The Bertz CT molecular complexity index is 275. The number of halogens is 1. The van der Waals surface area contributed by atoms with Crippen LogP contribution in [0.15, 0.2) is 24.3 Å². The van der Waals surface area contributed by atoms with Crippen LogP contribution in [0.3, 0.4) is 0 Å². The Balaban J connectivity index is 1.99. The van der Waals surface area contributed by atoms with Crippen LogP contribution in [-0.4, -0.2) is 13.1 Å². The Labute approximate surface area is 93.3 Å². The van der Waals surface area contributed by atoms with Gasteiger partial charge in [-0.1, -0.05) is 6.92 Å². The maximum atomic E-state index is 2.45. The van der Waals surface area contributed by atoms with Crippen molar-refractivity contribution in [1.29, 1.82) is 0 Å². The number of hydrogen-bond donors (Lipinski definition) is 0. The summed E-state index contributed by atoms with van der Waals surface area (Å²) < 4.78 is 1.31. The van der Waals surface area contributed by atoms with Crippen molar-refractivity contribution >= 4 is 28.3 Å². The molecule has 1 nitrogen and oxygen atoms in total. The summed E-state index contributed by atoms with van der Waals surface area (Å²) in [7, 11) is 0. The molecule has 1 heterocycles. The standard InChI is InChI=1S/C11H14IN/c1-2-9-7-13(8-9)11-5-3-10(12)4-6-11/h3-6,9H,2,7-8H2,1H3. The Morgan fingerprint density at radius 1 is 1.31 bits per heavy atom. The summed E-state index contributed by atoms with van der Waals surface area (Å²) in [4.78, 5) is 2.45. The van der Waals surface area contributed by atoms with Crippen LogP contribution < -0.4 is 4.90 Å². The van der Waals surface area contributed by atoms with Crippen molar-refractivity contribution < 1.29 is 0 Å². The molecule has 1 aromatic rings. The molecule has 0 atom stereocenters. The highest BCUT2D eigenvalue weighted by atomic mass is 127. The molecule has 0 radical (unpaired) electrons. The first kappa shape index (κ1) is 9.31. The van der Waals surface area contributed by atoms with E-state index in [1.807, 2.05) is 0 Å². The lowest BCUT2D eigenvalue weighted by atomic mass is 9.97. The van der Waals surface area contributed by atoms with Gasteiger partial charge in [0.15, 0.2) is 0 Å². The van der Waals surface area contributed by atoms with E-state index < -0.39 is 0 Å². The van der Waals surface area contributed by atoms with Crippen LogP contribution in [0.2, 0.25) is 0 Å². The Morgan fingerprint density at radius 3 is 2.46 bits per heavy atom. The van der Waals surface area contributed by atoms with Crippen LogP contribution in [0.1, 0.15) is 13.3 Å². The molecule has 0 spiro atoms. The van der Waals surface area contributed by atoms with E-state index in [4.69, 9.17) is 0 Å². The first-order valence-corrected chi connectivity index (χ1v) is 5.88. The predicted molar refractivity (Wildman–Crippen MR) is 65.2 cm³/mol. The summed E-state index contributed by atoms with van der Waals surface area (Å²) in [6, 6.07) is 8.78. The van der Waals surface area contributed by atoms with Crippen LogP contribution >= 0.6 is 22.6 Å². The Morgan fingerprint density at radius 2 is 1.92 bits per heavy atom. The second kappa shape index (κ2) is 3.86. The van der Waals surface area contributed by atoms with E-state index in [2.05, 4.69) is 58.7 Å².